The average molecular weight is 510 g/mol. The second kappa shape index (κ2) is 26.1. The van der Waals surface area contributed by atoms with Gasteiger partial charge in [0, 0.05) is 13.0 Å². The fraction of sp³-hybridized carbons (Fsp3) is 0.970. The molecular formula is C33H67NO2. The first-order valence-electron chi connectivity index (χ1n) is 16.4. The highest BCUT2D eigenvalue weighted by atomic mass is 16.5. The first-order chi connectivity index (χ1) is 17.5. The van der Waals surface area contributed by atoms with Crippen LogP contribution in [-0.4, -0.2) is 37.1 Å². The summed E-state index contributed by atoms with van der Waals surface area (Å²) in [5.41, 5.74) is 0.544. The molecule has 0 spiro atoms. The number of hydrogen-bond acceptors (Lipinski definition) is 3. The van der Waals surface area contributed by atoms with Crippen LogP contribution in [0, 0.1) is 5.41 Å². The lowest BCUT2D eigenvalue weighted by molar-refractivity contribution is -0.144. The molecule has 36 heavy (non-hydrogen) atoms. The minimum Gasteiger partial charge on any atom is -0.464 e. The normalized spacial score (nSPS) is 11.9. The molecule has 3 nitrogen and oxygen atoms in total. The molecule has 3 heteroatoms. The highest BCUT2D eigenvalue weighted by Gasteiger charge is 2.18. The fourth-order valence-electron chi connectivity index (χ4n) is 5.06. The Hall–Kier alpha value is -0.570. The van der Waals surface area contributed by atoms with Crippen molar-refractivity contribution in [2.75, 3.05) is 26.2 Å². The molecule has 0 N–H and O–H groups in total. The van der Waals surface area contributed by atoms with Crippen LogP contribution < -0.4 is 0 Å². The maximum absolute atomic E-state index is 12.2. The Morgan fingerprint density at radius 1 is 0.583 bits per heavy atom. The maximum Gasteiger partial charge on any atom is 0.305 e. The van der Waals surface area contributed by atoms with Gasteiger partial charge in [0.05, 0.1) is 0 Å². The molecule has 0 aromatic rings. The molecule has 0 unspecified atom stereocenters. The number of carbonyl (C=O) groups is 1. The molecule has 0 radical (unpaired) electrons. The molecule has 0 heterocycles. The van der Waals surface area contributed by atoms with Gasteiger partial charge in [-0.25, -0.2) is 0 Å². The van der Waals surface area contributed by atoms with Gasteiger partial charge in [-0.05, 0) is 44.2 Å². The zero-order chi connectivity index (χ0) is 26.7. The zero-order valence-electron chi connectivity index (χ0n) is 25.6. The fourth-order valence-corrected chi connectivity index (χ4v) is 5.06. The third-order valence-corrected chi connectivity index (χ3v) is 8.44. The largest absolute Gasteiger partial charge is 0.464 e. The average Bonchev–Trinajstić information content (AvgIpc) is 2.89. The molecule has 0 fully saturated rings. The number of hydrogen-bond donors (Lipinski definition) is 0. The van der Waals surface area contributed by atoms with E-state index in [-0.39, 0.29) is 5.97 Å². The molecule has 0 atom stereocenters. The van der Waals surface area contributed by atoms with E-state index in [2.05, 4.69) is 39.5 Å². The van der Waals surface area contributed by atoms with E-state index in [0.29, 0.717) is 18.4 Å². The van der Waals surface area contributed by atoms with Crippen LogP contribution in [0.1, 0.15) is 176 Å². The van der Waals surface area contributed by atoms with Crippen LogP contribution in [0.4, 0.5) is 0 Å². The molecule has 0 amide bonds. The zero-order valence-corrected chi connectivity index (χ0v) is 25.6. The van der Waals surface area contributed by atoms with Gasteiger partial charge in [0.2, 0.25) is 0 Å². The van der Waals surface area contributed by atoms with Crippen molar-refractivity contribution in [3.05, 3.63) is 0 Å². The quantitative estimate of drug-likeness (QED) is 0.0775. The lowest BCUT2D eigenvalue weighted by atomic mass is 9.80. The Bertz CT molecular complexity index is 445. The van der Waals surface area contributed by atoms with Gasteiger partial charge in [-0.15, -0.1) is 0 Å². The SMILES string of the molecule is CCCCCCCCN(CCCCCCCC)CCOC(=O)CCCCCCCCC(C)(CC)CC. The van der Waals surface area contributed by atoms with Crippen molar-refractivity contribution >= 4 is 5.97 Å². The van der Waals surface area contributed by atoms with Crippen molar-refractivity contribution in [2.45, 2.75) is 176 Å². The molecule has 0 aliphatic carbocycles. The summed E-state index contributed by atoms with van der Waals surface area (Å²) in [7, 11) is 0. The Kier molecular flexibility index (Phi) is 25.6. The van der Waals surface area contributed by atoms with Crippen molar-refractivity contribution in [1.82, 2.24) is 4.90 Å². The minimum absolute atomic E-state index is 0.00994. The van der Waals surface area contributed by atoms with Crippen LogP contribution in [-0.2, 0) is 9.53 Å². The standard InChI is InChI=1S/C33H67NO2/c1-6-10-12-14-20-24-28-34(29-25-21-15-13-11-7-2)30-31-36-32(35)26-22-18-16-17-19-23-27-33(5,8-3)9-4/h6-31H2,1-5H3. The smallest absolute Gasteiger partial charge is 0.305 e. The van der Waals surface area contributed by atoms with Crippen molar-refractivity contribution in [3.8, 4) is 0 Å². The number of unbranched alkanes of at least 4 members (excludes halogenated alkanes) is 15. The number of esters is 1. The van der Waals surface area contributed by atoms with Gasteiger partial charge in [0.25, 0.3) is 0 Å². The predicted molar refractivity (Wildman–Crippen MR) is 160 cm³/mol. The second-order valence-corrected chi connectivity index (χ2v) is 11.7. The first kappa shape index (κ1) is 35.4. The van der Waals surface area contributed by atoms with Gasteiger partial charge in [-0.1, -0.05) is 144 Å². The van der Waals surface area contributed by atoms with Gasteiger partial charge in [0.15, 0.2) is 0 Å². The van der Waals surface area contributed by atoms with Crippen LogP contribution in [0.3, 0.4) is 0 Å². The summed E-state index contributed by atoms with van der Waals surface area (Å²) >= 11 is 0. The first-order valence-corrected chi connectivity index (χ1v) is 16.4. The minimum atomic E-state index is 0.00994. The number of carbonyl (C=O) groups excluding carboxylic acids is 1. The summed E-state index contributed by atoms with van der Waals surface area (Å²) in [5, 5.41) is 0. The molecule has 0 aliphatic rings. The van der Waals surface area contributed by atoms with E-state index in [1.54, 1.807) is 0 Å². The highest BCUT2D eigenvalue weighted by Crippen LogP contribution is 2.31. The van der Waals surface area contributed by atoms with Crippen molar-refractivity contribution in [1.29, 1.82) is 0 Å². The molecule has 0 rings (SSSR count). The van der Waals surface area contributed by atoms with Gasteiger partial charge >= 0.3 is 5.97 Å². The number of rotatable bonds is 28. The monoisotopic (exact) mass is 510 g/mol. The van der Waals surface area contributed by atoms with Crippen molar-refractivity contribution < 1.29 is 9.53 Å². The van der Waals surface area contributed by atoms with E-state index >= 15 is 0 Å². The predicted octanol–water partition coefficient (Wildman–Crippen LogP) is 10.5. The Morgan fingerprint density at radius 2 is 1.03 bits per heavy atom. The van der Waals surface area contributed by atoms with E-state index in [1.807, 2.05) is 0 Å². The molecule has 0 aromatic heterocycles. The topological polar surface area (TPSA) is 29.5 Å². The lowest BCUT2D eigenvalue weighted by Gasteiger charge is -2.26. The maximum atomic E-state index is 12.2. The Balaban J connectivity index is 3.93. The van der Waals surface area contributed by atoms with Gasteiger partial charge in [-0.3, -0.25) is 9.69 Å². The van der Waals surface area contributed by atoms with E-state index in [0.717, 1.165) is 32.5 Å². The van der Waals surface area contributed by atoms with E-state index in [9.17, 15) is 4.79 Å². The lowest BCUT2D eigenvalue weighted by Crippen LogP contribution is -2.30. The number of ether oxygens (including phenoxy) is 1. The summed E-state index contributed by atoms with van der Waals surface area (Å²) in [6, 6.07) is 0. The Labute approximate surface area is 227 Å². The molecule has 0 bridgehead atoms. The van der Waals surface area contributed by atoms with Crippen LogP contribution in [0.5, 0.6) is 0 Å². The molecule has 0 saturated heterocycles. The summed E-state index contributed by atoms with van der Waals surface area (Å²) in [4.78, 5) is 14.8. The van der Waals surface area contributed by atoms with E-state index in [1.165, 1.54) is 122 Å². The van der Waals surface area contributed by atoms with Crippen LogP contribution in [0.15, 0.2) is 0 Å². The van der Waals surface area contributed by atoms with Gasteiger partial charge in [0.1, 0.15) is 6.61 Å². The molecule has 216 valence electrons. The second-order valence-electron chi connectivity index (χ2n) is 11.7. The summed E-state index contributed by atoms with van der Waals surface area (Å²) in [6.45, 7) is 15.4. The molecule has 0 aromatic carbocycles. The molecule has 0 aliphatic heterocycles. The molecule has 0 saturated carbocycles. The third-order valence-electron chi connectivity index (χ3n) is 8.44. The highest BCUT2D eigenvalue weighted by molar-refractivity contribution is 5.69. The van der Waals surface area contributed by atoms with Crippen LogP contribution in [0.2, 0.25) is 0 Å². The Morgan fingerprint density at radius 3 is 1.53 bits per heavy atom. The summed E-state index contributed by atoms with van der Waals surface area (Å²) < 4.78 is 5.62. The third kappa shape index (κ3) is 22.6. The van der Waals surface area contributed by atoms with Crippen molar-refractivity contribution in [3.63, 3.8) is 0 Å². The summed E-state index contributed by atoms with van der Waals surface area (Å²) in [5.74, 6) is 0.00994. The van der Waals surface area contributed by atoms with E-state index < -0.39 is 0 Å². The van der Waals surface area contributed by atoms with Gasteiger partial charge < -0.3 is 4.74 Å². The number of nitrogens with zero attached hydrogens (tertiary/aromatic N) is 1. The molecular weight excluding hydrogens is 442 g/mol. The van der Waals surface area contributed by atoms with Gasteiger partial charge in [-0.2, -0.15) is 0 Å². The summed E-state index contributed by atoms with van der Waals surface area (Å²) in [6.07, 6.45) is 28.0. The van der Waals surface area contributed by atoms with Crippen LogP contribution >= 0.6 is 0 Å². The van der Waals surface area contributed by atoms with Crippen molar-refractivity contribution in [2.24, 2.45) is 5.41 Å². The van der Waals surface area contributed by atoms with Crippen LogP contribution in [0.25, 0.3) is 0 Å². The van der Waals surface area contributed by atoms with E-state index in [4.69, 9.17) is 4.74 Å².